The van der Waals surface area contributed by atoms with Gasteiger partial charge >= 0.3 is 11.9 Å². The number of carbonyl (C=O) groups is 3. The van der Waals surface area contributed by atoms with Crippen LogP contribution in [-0.2, 0) is 14.4 Å². The predicted octanol–water partition coefficient (Wildman–Crippen LogP) is -1.62. The van der Waals surface area contributed by atoms with E-state index < -0.39 is 23.9 Å². The van der Waals surface area contributed by atoms with Crippen LogP contribution in [0.5, 0.6) is 0 Å². The number of carboxylic acid groups (broad SMARTS) is 2. The highest BCUT2D eigenvalue weighted by Gasteiger charge is 2.12. The summed E-state index contributed by atoms with van der Waals surface area (Å²) < 4.78 is 0. The number of hydrogen-bond donors (Lipinski definition) is 4. The normalized spacial score (nSPS) is 11.8. The third-order valence-corrected chi connectivity index (χ3v) is 1.40. The smallest absolute Gasteiger partial charge is 0.322 e. The molecule has 14 heavy (non-hydrogen) atoms. The molecule has 0 unspecified atom stereocenters. The number of nitrogens with two attached hydrogens (primary N) is 1. The van der Waals surface area contributed by atoms with E-state index >= 15 is 0 Å². The van der Waals surface area contributed by atoms with Crippen LogP contribution < -0.4 is 11.1 Å². The van der Waals surface area contributed by atoms with Gasteiger partial charge in [0.1, 0.15) is 6.04 Å². The molecule has 0 fully saturated rings. The first-order valence-electron chi connectivity index (χ1n) is 3.90. The number of nitrogens with one attached hydrogen (secondary N) is 1. The van der Waals surface area contributed by atoms with Crippen molar-refractivity contribution >= 4 is 17.8 Å². The predicted molar refractivity (Wildman–Crippen MR) is 45.5 cm³/mol. The molecule has 0 bridgehead atoms. The summed E-state index contributed by atoms with van der Waals surface area (Å²) in [6.45, 7) is -0.201. The highest BCUT2D eigenvalue weighted by molar-refractivity contribution is 5.81. The van der Waals surface area contributed by atoms with E-state index in [1.807, 2.05) is 0 Å². The Hall–Kier alpha value is -1.63. The first-order valence-corrected chi connectivity index (χ1v) is 3.90. The lowest BCUT2D eigenvalue weighted by molar-refractivity contribution is -0.140. The van der Waals surface area contributed by atoms with Crippen molar-refractivity contribution in [1.82, 2.24) is 5.32 Å². The van der Waals surface area contributed by atoms with Gasteiger partial charge in [-0.05, 0) is 0 Å². The number of hydrogen-bond acceptors (Lipinski definition) is 4. The van der Waals surface area contributed by atoms with Crippen LogP contribution >= 0.6 is 0 Å². The molecule has 7 nitrogen and oxygen atoms in total. The van der Waals surface area contributed by atoms with Gasteiger partial charge in [-0.15, -0.1) is 0 Å². The summed E-state index contributed by atoms with van der Waals surface area (Å²) in [6, 6.07) is -1.16. The van der Waals surface area contributed by atoms with Crippen LogP contribution in [0, 0.1) is 0 Å². The number of carboxylic acids is 2. The number of carbonyl (C=O) groups excluding carboxylic acids is 1. The quantitative estimate of drug-likeness (QED) is 0.411. The van der Waals surface area contributed by atoms with E-state index in [1.54, 1.807) is 0 Å². The van der Waals surface area contributed by atoms with Crippen LogP contribution in [0.4, 0.5) is 0 Å². The molecule has 0 saturated carbocycles. The van der Waals surface area contributed by atoms with Gasteiger partial charge in [0.15, 0.2) is 0 Å². The molecule has 0 spiro atoms. The molecular weight excluding hydrogens is 192 g/mol. The van der Waals surface area contributed by atoms with Gasteiger partial charge in [-0.3, -0.25) is 14.4 Å². The highest BCUT2D eigenvalue weighted by Crippen LogP contribution is 1.88. The number of rotatable bonds is 6. The minimum atomic E-state index is -1.22. The molecule has 1 atom stereocenters. The van der Waals surface area contributed by atoms with Crippen molar-refractivity contribution in [3.05, 3.63) is 0 Å². The Morgan fingerprint density at radius 2 is 1.79 bits per heavy atom. The van der Waals surface area contributed by atoms with Crippen LogP contribution in [0.3, 0.4) is 0 Å². The van der Waals surface area contributed by atoms with Crippen molar-refractivity contribution in [2.75, 3.05) is 6.54 Å². The fourth-order valence-corrected chi connectivity index (χ4v) is 0.620. The van der Waals surface area contributed by atoms with Crippen molar-refractivity contribution in [3.8, 4) is 0 Å². The molecule has 0 aliphatic heterocycles. The highest BCUT2D eigenvalue weighted by atomic mass is 16.4. The van der Waals surface area contributed by atoms with Crippen molar-refractivity contribution in [3.63, 3.8) is 0 Å². The summed E-state index contributed by atoms with van der Waals surface area (Å²) in [5.74, 6) is -2.82. The molecule has 0 aromatic rings. The van der Waals surface area contributed by atoms with E-state index in [0.29, 0.717) is 0 Å². The summed E-state index contributed by atoms with van der Waals surface area (Å²) in [6.07, 6.45) is -0.462. The molecule has 0 radical (unpaired) electrons. The molecule has 1 amide bonds. The molecule has 7 heteroatoms. The lowest BCUT2D eigenvalue weighted by Gasteiger charge is -2.07. The van der Waals surface area contributed by atoms with E-state index in [0.717, 1.165) is 0 Å². The second kappa shape index (κ2) is 5.92. The number of aliphatic carboxylic acids is 2. The first-order chi connectivity index (χ1) is 6.43. The molecule has 0 saturated heterocycles. The zero-order chi connectivity index (χ0) is 11.1. The van der Waals surface area contributed by atoms with Gasteiger partial charge in [0.2, 0.25) is 5.91 Å². The molecule has 0 aromatic carbocycles. The molecule has 5 N–H and O–H groups in total. The Bertz CT molecular complexity index is 240. The van der Waals surface area contributed by atoms with Gasteiger partial charge in [0.25, 0.3) is 0 Å². The minimum Gasteiger partial charge on any atom is -0.481 e. The third kappa shape index (κ3) is 5.95. The maximum absolute atomic E-state index is 10.9. The fraction of sp³-hybridized carbons (Fsp3) is 0.571. The monoisotopic (exact) mass is 204 g/mol. The zero-order valence-corrected chi connectivity index (χ0v) is 7.40. The average molecular weight is 204 g/mol. The van der Waals surface area contributed by atoms with Crippen molar-refractivity contribution in [2.45, 2.75) is 18.9 Å². The summed E-state index contributed by atoms with van der Waals surface area (Å²) in [7, 11) is 0. The Labute approximate surface area is 79.9 Å². The van der Waals surface area contributed by atoms with Crippen LogP contribution in [0.15, 0.2) is 0 Å². The Balaban J connectivity index is 3.64. The lowest BCUT2D eigenvalue weighted by Crippen LogP contribution is -2.42. The maximum atomic E-state index is 10.9. The van der Waals surface area contributed by atoms with Gasteiger partial charge in [-0.1, -0.05) is 0 Å². The van der Waals surface area contributed by atoms with Crippen LogP contribution in [0.1, 0.15) is 12.8 Å². The van der Waals surface area contributed by atoms with Gasteiger partial charge < -0.3 is 21.3 Å². The summed E-state index contributed by atoms with van der Waals surface area (Å²) in [5, 5.41) is 18.8. The van der Waals surface area contributed by atoms with E-state index in [9.17, 15) is 14.4 Å². The number of amides is 1. The van der Waals surface area contributed by atoms with Crippen molar-refractivity contribution in [2.24, 2.45) is 5.73 Å². The first kappa shape index (κ1) is 12.4. The van der Waals surface area contributed by atoms with Gasteiger partial charge in [-0.2, -0.15) is 0 Å². The van der Waals surface area contributed by atoms with Crippen molar-refractivity contribution < 1.29 is 24.6 Å². The Morgan fingerprint density at radius 1 is 1.21 bits per heavy atom. The van der Waals surface area contributed by atoms with E-state index in [1.165, 1.54) is 0 Å². The topological polar surface area (TPSA) is 130 Å². The standard InChI is InChI=1S/C7H12N2O5/c8-4(7(13)14)3-9-5(10)1-2-6(11)12/h4H,1-3,8H2,(H,9,10)(H,11,12)(H,13,14)/t4-/m0/s1. The second-order valence-electron chi connectivity index (χ2n) is 2.64. The molecule has 80 valence electrons. The van der Waals surface area contributed by atoms with Gasteiger partial charge in [0.05, 0.1) is 6.42 Å². The van der Waals surface area contributed by atoms with Crippen molar-refractivity contribution in [1.29, 1.82) is 0 Å². The Morgan fingerprint density at radius 3 is 2.21 bits per heavy atom. The van der Waals surface area contributed by atoms with Crippen LogP contribution in [0.2, 0.25) is 0 Å². The molecular formula is C7H12N2O5. The largest absolute Gasteiger partial charge is 0.481 e. The van der Waals surface area contributed by atoms with Gasteiger partial charge in [-0.25, -0.2) is 0 Å². The zero-order valence-electron chi connectivity index (χ0n) is 7.40. The SMILES string of the molecule is N[C@@H](CNC(=O)CCC(=O)O)C(=O)O. The molecule has 0 aliphatic carbocycles. The van der Waals surface area contributed by atoms with E-state index in [-0.39, 0.29) is 19.4 Å². The molecule has 0 heterocycles. The van der Waals surface area contributed by atoms with Crippen LogP contribution in [-0.4, -0.2) is 40.6 Å². The second-order valence-corrected chi connectivity index (χ2v) is 2.64. The molecule has 0 rings (SSSR count). The lowest BCUT2D eigenvalue weighted by atomic mass is 10.2. The summed E-state index contributed by atoms with van der Waals surface area (Å²) >= 11 is 0. The third-order valence-electron chi connectivity index (χ3n) is 1.40. The van der Waals surface area contributed by atoms with E-state index in [4.69, 9.17) is 15.9 Å². The summed E-state index contributed by atoms with van der Waals surface area (Å²) in [5.41, 5.74) is 5.09. The molecule has 0 aromatic heterocycles. The summed E-state index contributed by atoms with van der Waals surface area (Å²) in [4.78, 5) is 31.1. The Kier molecular flexibility index (Phi) is 5.23. The van der Waals surface area contributed by atoms with E-state index in [2.05, 4.69) is 5.32 Å². The van der Waals surface area contributed by atoms with Gasteiger partial charge in [0, 0.05) is 13.0 Å². The molecule has 0 aliphatic rings. The fourth-order valence-electron chi connectivity index (χ4n) is 0.620. The minimum absolute atomic E-state index is 0.179. The van der Waals surface area contributed by atoms with Crippen LogP contribution in [0.25, 0.3) is 0 Å². The average Bonchev–Trinajstić information content (AvgIpc) is 2.10. The maximum Gasteiger partial charge on any atom is 0.322 e.